The highest BCUT2D eigenvalue weighted by atomic mass is 35.5. The molecule has 0 saturated heterocycles. The van der Waals surface area contributed by atoms with Crippen molar-refractivity contribution in [2.75, 3.05) is 6.61 Å². The average molecular weight is 231 g/mol. The van der Waals surface area contributed by atoms with Crippen LogP contribution in [-0.4, -0.2) is 28.0 Å². The predicted octanol–water partition coefficient (Wildman–Crippen LogP) is 1.43. The second-order valence-corrected chi connectivity index (χ2v) is 3.96. The molecule has 0 heterocycles. The first-order valence-electron chi connectivity index (χ1n) is 4.79. The molecule has 84 valence electrons. The molecule has 1 rings (SSSR count). The molecule has 3 nitrogen and oxygen atoms in total. The average Bonchev–Trinajstić information content (AvgIpc) is 2.21. The van der Waals surface area contributed by atoms with E-state index in [0.717, 1.165) is 5.56 Å². The molecule has 1 aromatic rings. The number of hydrogen-bond acceptors (Lipinski definition) is 3. The van der Waals surface area contributed by atoms with E-state index in [1.807, 2.05) is 13.0 Å². The molecule has 0 aliphatic carbocycles. The van der Waals surface area contributed by atoms with Gasteiger partial charge >= 0.3 is 0 Å². The van der Waals surface area contributed by atoms with Crippen molar-refractivity contribution in [2.45, 2.75) is 25.6 Å². The van der Waals surface area contributed by atoms with Gasteiger partial charge in [-0.1, -0.05) is 29.3 Å². The van der Waals surface area contributed by atoms with Gasteiger partial charge in [-0.2, -0.15) is 0 Å². The third kappa shape index (κ3) is 3.18. The second-order valence-electron chi connectivity index (χ2n) is 3.55. The predicted molar refractivity (Wildman–Crippen MR) is 58.9 cm³/mol. The van der Waals surface area contributed by atoms with E-state index >= 15 is 0 Å². The zero-order valence-corrected chi connectivity index (χ0v) is 9.28. The van der Waals surface area contributed by atoms with Gasteiger partial charge < -0.3 is 15.3 Å². The first kappa shape index (κ1) is 12.5. The Morgan fingerprint density at radius 2 is 2.00 bits per heavy atom. The van der Waals surface area contributed by atoms with Gasteiger partial charge in [-0.05, 0) is 19.4 Å². The molecule has 15 heavy (non-hydrogen) atoms. The summed E-state index contributed by atoms with van der Waals surface area (Å²) in [7, 11) is 0. The summed E-state index contributed by atoms with van der Waals surface area (Å²) in [6, 6.07) is 5.24. The van der Waals surface area contributed by atoms with Crippen LogP contribution in [0.25, 0.3) is 0 Å². The Morgan fingerprint density at radius 3 is 2.60 bits per heavy atom. The van der Waals surface area contributed by atoms with Gasteiger partial charge in [0.2, 0.25) is 0 Å². The van der Waals surface area contributed by atoms with E-state index in [2.05, 4.69) is 0 Å². The Hall–Kier alpha value is -0.610. The lowest BCUT2D eigenvalue weighted by Gasteiger charge is -2.18. The summed E-state index contributed by atoms with van der Waals surface area (Å²) in [5.74, 6) is 0. The monoisotopic (exact) mass is 230 g/mol. The molecule has 2 unspecified atom stereocenters. The normalized spacial score (nSPS) is 15.0. The largest absolute Gasteiger partial charge is 0.396 e. The van der Waals surface area contributed by atoms with E-state index in [4.69, 9.17) is 16.7 Å². The van der Waals surface area contributed by atoms with Crippen molar-refractivity contribution in [1.82, 2.24) is 0 Å². The van der Waals surface area contributed by atoms with E-state index < -0.39 is 12.2 Å². The van der Waals surface area contributed by atoms with Crippen LogP contribution >= 0.6 is 11.6 Å². The molecular formula is C11H15ClO3. The van der Waals surface area contributed by atoms with Gasteiger partial charge in [-0.15, -0.1) is 0 Å². The van der Waals surface area contributed by atoms with Crippen LogP contribution in [0.4, 0.5) is 0 Å². The van der Waals surface area contributed by atoms with Crippen LogP contribution in [0.1, 0.15) is 23.7 Å². The highest BCUT2D eigenvalue weighted by molar-refractivity contribution is 6.31. The van der Waals surface area contributed by atoms with Crippen molar-refractivity contribution < 1.29 is 15.3 Å². The minimum Gasteiger partial charge on any atom is -0.396 e. The minimum atomic E-state index is -1.05. The Kier molecular flexibility index (Phi) is 4.54. The summed E-state index contributed by atoms with van der Waals surface area (Å²) in [6.45, 7) is 1.71. The summed E-state index contributed by atoms with van der Waals surface area (Å²) >= 11 is 5.90. The SMILES string of the molecule is Cc1ccc(Cl)c(C(O)C(O)CCO)c1. The quantitative estimate of drug-likeness (QED) is 0.733. The van der Waals surface area contributed by atoms with Crippen molar-refractivity contribution in [3.8, 4) is 0 Å². The number of benzene rings is 1. The number of aryl methyl sites for hydroxylation is 1. The molecule has 0 aromatic heterocycles. The summed E-state index contributed by atoms with van der Waals surface area (Å²) < 4.78 is 0. The molecule has 0 saturated carbocycles. The van der Waals surface area contributed by atoms with Gasteiger partial charge in [0.25, 0.3) is 0 Å². The van der Waals surface area contributed by atoms with Crippen LogP contribution < -0.4 is 0 Å². The van der Waals surface area contributed by atoms with Gasteiger partial charge in [-0.3, -0.25) is 0 Å². The molecule has 0 fully saturated rings. The number of aliphatic hydroxyl groups is 3. The van der Waals surface area contributed by atoms with E-state index in [9.17, 15) is 10.2 Å². The van der Waals surface area contributed by atoms with E-state index in [1.165, 1.54) is 0 Å². The number of hydrogen-bond donors (Lipinski definition) is 3. The molecule has 4 heteroatoms. The fourth-order valence-electron chi connectivity index (χ4n) is 1.39. The van der Waals surface area contributed by atoms with Crippen molar-refractivity contribution in [3.63, 3.8) is 0 Å². The highest BCUT2D eigenvalue weighted by Crippen LogP contribution is 2.27. The van der Waals surface area contributed by atoms with Crippen LogP contribution in [0.3, 0.4) is 0 Å². The molecular weight excluding hydrogens is 216 g/mol. The van der Waals surface area contributed by atoms with Crippen molar-refractivity contribution in [3.05, 3.63) is 34.3 Å². The Balaban J connectivity index is 2.89. The molecule has 0 aliphatic heterocycles. The van der Waals surface area contributed by atoms with Crippen LogP contribution in [0.5, 0.6) is 0 Å². The van der Waals surface area contributed by atoms with Crippen LogP contribution in [0.15, 0.2) is 18.2 Å². The minimum absolute atomic E-state index is 0.130. The van der Waals surface area contributed by atoms with Crippen molar-refractivity contribution in [1.29, 1.82) is 0 Å². The summed E-state index contributed by atoms with van der Waals surface area (Å²) in [6.07, 6.45) is -1.91. The van der Waals surface area contributed by atoms with E-state index in [0.29, 0.717) is 10.6 Å². The maximum Gasteiger partial charge on any atom is 0.106 e. The lowest BCUT2D eigenvalue weighted by atomic mass is 10.0. The molecule has 0 spiro atoms. The zero-order chi connectivity index (χ0) is 11.4. The summed E-state index contributed by atoms with van der Waals surface area (Å²) in [5, 5.41) is 28.4. The third-order valence-electron chi connectivity index (χ3n) is 2.26. The third-order valence-corrected chi connectivity index (χ3v) is 2.60. The fraction of sp³-hybridized carbons (Fsp3) is 0.455. The molecule has 0 aliphatic rings. The number of rotatable bonds is 4. The van der Waals surface area contributed by atoms with Gasteiger partial charge in [0.1, 0.15) is 6.10 Å². The first-order valence-corrected chi connectivity index (χ1v) is 5.17. The van der Waals surface area contributed by atoms with Gasteiger partial charge in [0.05, 0.1) is 6.10 Å². The van der Waals surface area contributed by atoms with Gasteiger partial charge in [-0.25, -0.2) is 0 Å². The Morgan fingerprint density at radius 1 is 1.33 bits per heavy atom. The molecule has 0 amide bonds. The van der Waals surface area contributed by atoms with Crippen molar-refractivity contribution >= 4 is 11.6 Å². The summed E-state index contributed by atoms with van der Waals surface area (Å²) in [4.78, 5) is 0. The molecule has 0 bridgehead atoms. The molecule has 3 N–H and O–H groups in total. The number of aliphatic hydroxyl groups excluding tert-OH is 3. The lowest BCUT2D eigenvalue weighted by molar-refractivity contribution is 0.00424. The van der Waals surface area contributed by atoms with Gasteiger partial charge in [0.15, 0.2) is 0 Å². The summed E-state index contributed by atoms with van der Waals surface area (Å²) in [5.41, 5.74) is 1.46. The van der Waals surface area contributed by atoms with Gasteiger partial charge in [0, 0.05) is 17.2 Å². The topological polar surface area (TPSA) is 60.7 Å². The molecule has 1 aromatic carbocycles. The Labute approximate surface area is 93.9 Å². The molecule has 0 radical (unpaired) electrons. The van der Waals surface area contributed by atoms with E-state index in [1.54, 1.807) is 12.1 Å². The zero-order valence-electron chi connectivity index (χ0n) is 8.52. The Bertz CT molecular complexity index is 328. The molecule has 2 atom stereocenters. The van der Waals surface area contributed by atoms with Crippen LogP contribution in [-0.2, 0) is 0 Å². The standard InChI is InChI=1S/C11H15ClO3/c1-7-2-3-9(12)8(6-7)11(15)10(14)4-5-13/h2-3,6,10-11,13-15H,4-5H2,1H3. The van der Waals surface area contributed by atoms with E-state index in [-0.39, 0.29) is 13.0 Å². The first-order chi connectivity index (χ1) is 7.06. The lowest BCUT2D eigenvalue weighted by Crippen LogP contribution is -2.19. The van der Waals surface area contributed by atoms with Crippen LogP contribution in [0.2, 0.25) is 5.02 Å². The maximum absolute atomic E-state index is 9.78. The highest BCUT2D eigenvalue weighted by Gasteiger charge is 2.20. The number of halogens is 1. The van der Waals surface area contributed by atoms with Crippen molar-refractivity contribution in [2.24, 2.45) is 0 Å². The second kappa shape index (κ2) is 5.47. The fourth-order valence-corrected chi connectivity index (χ4v) is 1.62. The van der Waals surface area contributed by atoms with Crippen LogP contribution in [0, 0.1) is 6.92 Å². The maximum atomic E-state index is 9.78. The smallest absolute Gasteiger partial charge is 0.106 e.